The van der Waals surface area contributed by atoms with Crippen molar-refractivity contribution in [1.82, 2.24) is 4.90 Å². The SMILES string of the molecule is C=CCc1cc(C(=O)N2C[C@@H]3CCOC[C@]3(CO)C2)ccc1OC. The van der Waals surface area contributed by atoms with Crippen LogP contribution in [0.3, 0.4) is 0 Å². The molecule has 2 saturated heterocycles. The van der Waals surface area contributed by atoms with Crippen molar-refractivity contribution in [2.24, 2.45) is 11.3 Å². The van der Waals surface area contributed by atoms with Crippen LogP contribution in [0.5, 0.6) is 5.75 Å². The van der Waals surface area contributed by atoms with Crippen molar-refractivity contribution in [3.63, 3.8) is 0 Å². The van der Waals surface area contributed by atoms with Gasteiger partial charge in [-0.1, -0.05) is 6.08 Å². The van der Waals surface area contributed by atoms with Crippen molar-refractivity contribution in [2.75, 3.05) is 40.0 Å². The van der Waals surface area contributed by atoms with Crippen LogP contribution in [0.1, 0.15) is 22.3 Å². The summed E-state index contributed by atoms with van der Waals surface area (Å²) in [5, 5.41) is 9.86. The molecule has 2 atom stereocenters. The molecular formula is C19H25NO4. The van der Waals surface area contributed by atoms with Crippen LogP contribution < -0.4 is 4.74 Å². The first-order chi connectivity index (χ1) is 11.6. The zero-order valence-corrected chi connectivity index (χ0v) is 14.2. The Labute approximate surface area is 142 Å². The molecule has 5 heteroatoms. The van der Waals surface area contributed by atoms with E-state index in [9.17, 15) is 9.90 Å². The van der Waals surface area contributed by atoms with Crippen molar-refractivity contribution in [3.8, 4) is 5.75 Å². The fourth-order valence-electron chi connectivity index (χ4n) is 3.88. The molecule has 1 aromatic carbocycles. The van der Waals surface area contributed by atoms with Gasteiger partial charge in [-0.25, -0.2) is 0 Å². The molecule has 1 aromatic rings. The summed E-state index contributed by atoms with van der Waals surface area (Å²) >= 11 is 0. The van der Waals surface area contributed by atoms with Gasteiger partial charge in [0, 0.05) is 30.7 Å². The number of aliphatic hydroxyl groups excluding tert-OH is 1. The summed E-state index contributed by atoms with van der Waals surface area (Å²) in [6, 6.07) is 5.52. The Morgan fingerprint density at radius 1 is 1.58 bits per heavy atom. The molecule has 0 bridgehead atoms. The number of methoxy groups -OCH3 is 1. The second kappa shape index (κ2) is 6.95. The first-order valence-corrected chi connectivity index (χ1v) is 8.39. The minimum absolute atomic E-state index is 0.00481. The Hall–Kier alpha value is -1.85. The third-order valence-corrected chi connectivity index (χ3v) is 5.31. The molecular weight excluding hydrogens is 306 g/mol. The van der Waals surface area contributed by atoms with Crippen LogP contribution in [-0.4, -0.2) is 55.9 Å². The third kappa shape index (κ3) is 2.94. The van der Waals surface area contributed by atoms with Gasteiger partial charge in [0.15, 0.2) is 0 Å². The molecule has 1 N–H and O–H groups in total. The zero-order valence-electron chi connectivity index (χ0n) is 14.2. The normalized spacial score (nSPS) is 26.1. The maximum Gasteiger partial charge on any atom is 0.253 e. The minimum Gasteiger partial charge on any atom is -0.496 e. The summed E-state index contributed by atoms with van der Waals surface area (Å²) in [5.74, 6) is 1.08. The largest absolute Gasteiger partial charge is 0.496 e. The maximum atomic E-state index is 12.9. The topological polar surface area (TPSA) is 59.0 Å². The van der Waals surface area contributed by atoms with Gasteiger partial charge >= 0.3 is 0 Å². The van der Waals surface area contributed by atoms with Crippen LogP contribution in [0, 0.1) is 11.3 Å². The zero-order chi connectivity index (χ0) is 17.2. The summed E-state index contributed by atoms with van der Waals surface area (Å²) in [6.45, 7) is 6.30. The van der Waals surface area contributed by atoms with E-state index in [-0.39, 0.29) is 17.9 Å². The van der Waals surface area contributed by atoms with Gasteiger partial charge in [0.1, 0.15) is 5.75 Å². The Balaban J connectivity index is 1.82. The highest BCUT2D eigenvalue weighted by atomic mass is 16.5. The predicted octanol–water partition coefficient (Wildman–Crippen LogP) is 1.89. The molecule has 0 spiro atoms. The molecule has 0 unspecified atom stereocenters. The number of allylic oxidation sites excluding steroid dienone is 1. The summed E-state index contributed by atoms with van der Waals surface area (Å²) in [7, 11) is 1.62. The van der Waals surface area contributed by atoms with Gasteiger partial charge in [-0.3, -0.25) is 4.79 Å². The second-order valence-corrected chi connectivity index (χ2v) is 6.76. The van der Waals surface area contributed by atoms with Crippen molar-refractivity contribution in [1.29, 1.82) is 0 Å². The van der Waals surface area contributed by atoms with Crippen LogP contribution in [0.15, 0.2) is 30.9 Å². The highest BCUT2D eigenvalue weighted by Gasteiger charge is 2.49. The molecule has 0 saturated carbocycles. The molecule has 2 heterocycles. The van der Waals surface area contributed by atoms with E-state index in [0.29, 0.717) is 44.2 Å². The number of carbonyl (C=O) groups excluding carboxylic acids is 1. The molecule has 2 fully saturated rings. The molecule has 1 amide bonds. The van der Waals surface area contributed by atoms with E-state index in [0.717, 1.165) is 17.7 Å². The van der Waals surface area contributed by atoms with Gasteiger partial charge in [-0.15, -0.1) is 6.58 Å². The van der Waals surface area contributed by atoms with Crippen LogP contribution in [-0.2, 0) is 11.2 Å². The summed E-state index contributed by atoms with van der Waals surface area (Å²) in [6.07, 6.45) is 3.35. The lowest BCUT2D eigenvalue weighted by atomic mass is 9.76. The molecule has 0 aromatic heterocycles. The number of rotatable bonds is 5. The van der Waals surface area contributed by atoms with Crippen molar-refractivity contribution in [2.45, 2.75) is 12.8 Å². The van der Waals surface area contributed by atoms with Crippen LogP contribution in [0.4, 0.5) is 0 Å². The van der Waals surface area contributed by atoms with Gasteiger partial charge in [-0.2, -0.15) is 0 Å². The molecule has 5 nitrogen and oxygen atoms in total. The van der Waals surface area contributed by atoms with Crippen molar-refractivity contribution >= 4 is 5.91 Å². The van der Waals surface area contributed by atoms with Gasteiger partial charge < -0.3 is 19.5 Å². The number of aliphatic hydroxyl groups is 1. The predicted molar refractivity (Wildman–Crippen MR) is 91.2 cm³/mol. The Bertz CT molecular complexity index is 630. The molecule has 2 aliphatic heterocycles. The lowest BCUT2D eigenvalue weighted by Crippen LogP contribution is -2.43. The van der Waals surface area contributed by atoms with Gasteiger partial charge in [0.05, 0.1) is 20.3 Å². The number of hydrogen-bond acceptors (Lipinski definition) is 4. The molecule has 0 aliphatic carbocycles. The maximum absolute atomic E-state index is 12.9. The van der Waals surface area contributed by atoms with E-state index in [1.807, 2.05) is 17.0 Å². The molecule has 130 valence electrons. The monoisotopic (exact) mass is 331 g/mol. The first kappa shape index (κ1) is 17.0. The number of ether oxygens (including phenoxy) is 2. The molecule has 24 heavy (non-hydrogen) atoms. The highest BCUT2D eigenvalue weighted by molar-refractivity contribution is 5.95. The van der Waals surface area contributed by atoms with Crippen LogP contribution in [0.2, 0.25) is 0 Å². The van der Waals surface area contributed by atoms with Crippen LogP contribution in [0.25, 0.3) is 0 Å². The number of fused-ring (bicyclic) bond motifs is 1. The number of benzene rings is 1. The fraction of sp³-hybridized carbons (Fsp3) is 0.526. The highest BCUT2D eigenvalue weighted by Crippen LogP contribution is 2.41. The van der Waals surface area contributed by atoms with Gasteiger partial charge in [0.2, 0.25) is 0 Å². The number of likely N-dealkylation sites (tertiary alicyclic amines) is 1. The average Bonchev–Trinajstić information content (AvgIpc) is 3.01. The minimum atomic E-state index is -0.301. The van der Waals surface area contributed by atoms with Crippen molar-refractivity contribution in [3.05, 3.63) is 42.0 Å². The Morgan fingerprint density at radius 2 is 2.42 bits per heavy atom. The smallest absolute Gasteiger partial charge is 0.253 e. The van der Waals surface area contributed by atoms with E-state index >= 15 is 0 Å². The number of carbonyl (C=O) groups is 1. The van der Waals surface area contributed by atoms with E-state index < -0.39 is 0 Å². The lowest BCUT2D eigenvalue weighted by molar-refractivity contribution is -0.0556. The van der Waals surface area contributed by atoms with E-state index in [2.05, 4.69) is 6.58 Å². The van der Waals surface area contributed by atoms with Gasteiger partial charge in [0.25, 0.3) is 5.91 Å². The molecule has 3 rings (SSSR count). The summed E-state index contributed by atoms with van der Waals surface area (Å²) < 4.78 is 10.9. The van der Waals surface area contributed by atoms with Crippen molar-refractivity contribution < 1.29 is 19.4 Å². The quantitative estimate of drug-likeness (QED) is 0.837. The number of amides is 1. The Morgan fingerprint density at radius 3 is 3.08 bits per heavy atom. The average molecular weight is 331 g/mol. The fourth-order valence-corrected chi connectivity index (χ4v) is 3.88. The first-order valence-electron chi connectivity index (χ1n) is 8.39. The second-order valence-electron chi connectivity index (χ2n) is 6.76. The van der Waals surface area contributed by atoms with Gasteiger partial charge in [-0.05, 0) is 42.5 Å². The van der Waals surface area contributed by atoms with E-state index in [4.69, 9.17) is 9.47 Å². The van der Waals surface area contributed by atoms with E-state index in [1.54, 1.807) is 19.3 Å². The standard InChI is InChI=1S/C19H25NO4/c1-3-4-14-9-15(5-6-17(14)23-2)18(22)20-10-16-7-8-24-13-19(16,11-20)12-21/h3,5-6,9,16,21H,1,4,7-8,10-13H2,2H3/t16-,19+/m0/s1. The third-order valence-electron chi connectivity index (χ3n) is 5.31. The summed E-state index contributed by atoms with van der Waals surface area (Å²) in [4.78, 5) is 14.8. The van der Waals surface area contributed by atoms with Crippen LogP contribution >= 0.6 is 0 Å². The molecule has 0 radical (unpaired) electrons. The number of nitrogens with zero attached hydrogens (tertiary/aromatic N) is 1. The molecule has 2 aliphatic rings. The Kier molecular flexibility index (Phi) is 4.92. The summed E-state index contributed by atoms with van der Waals surface area (Å²) in [5.41, 5.74) is 1.31. The van der Waals surface area contributed by atoms with E-state index in [1.165, 1.54) is 0 Å². The lowest BCUT2D eigenvalue weighted by Gasteiger charge is -2.36. The number of hydrogen-bond donors (Lipinski definition) is 1.